The molecule has 1 heterocycles. The Morgan fingerprint density at radius 3 is 1.95 bits per heavy atom. The number of nitrogens with zero attached hydrogens (tertiary/aromatic N) is 3. The van der Waals surface area contributed by atoms with Gasteiger partial charge in [-0.05, 0) is 48.2 Å². The Hall–Kier alpha value is -4.31. The van der Waals surface area contributed by atoms with Crippen LogP contribution < -0.4 is 5.32 Å². The highest BCUT2D eigenvalue weighted by Gasteiger charge is 2.38. The molecule has 1 aliphatic heterocycles. The topological polar surface area (TPSA) is 198 Å². The maximum atomic E-state index is 12.8. The molecule has 0 unspecified atom stereocenters. The van der Waals surface area contributed by atoms with Crippen LogP contribution in [-0.2, 0) is 37.0 Å². The van der Waals surface area contributed by atoms with Crippen molar-refractivity contribution in [2.24, 2.45) is 0 Å². The van der Waals surface area contributed by atoms with Gasteiger partial charge in [-0.3, -0.25) is 24.4 Å². The first kappa shape index (κ1) is 29.2. The number of nitro benzene ring substituents is 2. The predicted octanol–water partition coefficient (Wildman–Crippen LogP) is 2.88. The summed E-state index contributed by atoms with van der Waals surface area (Å²) in [6.07, 6.45) is -0.963. The standard InChI is InChI=1S/C23H26N4O11S/c1-39(34,35)38-21-12-20(10-11-24-22(28)36-14-16-2-6-18(7-3-16)26(30)31)25(13-21)23(29)37-15-17-4-8-19(9-5-17)27(32)33/h2-9,20-21H,10-15H2,1H3,(H,24,28)/t20-,21-/m1/s1. The van der Waals surface area contributed by atoms with Crippen molar-refractivity contribution in [1.82, 2.24) is 10.2 Å². The van der Waals surface area contributed by atoms with Crippen LogP contribution in [0.4, 0.5) is 21.0 Å². The normalized spacial score (nSPS) is 16.9. The smallest absolute Gasteiger partial charge is 0.410 e. The van der Waals surface area contributed by atoms with E-state index >= 15 is 0 Å². The van der Waals surface area contributed by atoms with Crippen LogP contribution in [0.15, 0.2) is 48.5 Å². The molecule has 2 aromatic rings. The molecule has 2 atom stereocenters. The van der Waals surface area contributed by atoms with Gasteiger partial charge in [-0.25, -0.2) is 9.59 Å². The van der Waals surface area contributed by atoms with Crippen LogP contribution in [0.3, 0.4) is 0 Å². The molecule has 0 aromatic heterocycles. The minimum Gasteiger partial charge on any atom is -0.445 e. The number of ether oxygens (including phenoxy) is 2. The number of carbonyl (C=O) groups excluding carboxylic acids is 2. The summed E-state index contributed by atoms with van der Waals surface area (Å²) in [5.41, 5.74) is 0.873. The fourth-order valence-electron chi connectivity index (χ4n) is 3.88. The Morgan fingerprint density at radius 1 is 0.949 bits per heavy atom. The third kappa shape index (κ3) is 9.19. The Balaban J connectivity index is 1.51. The van der Waals surface area contributed by atoms with Crippen molar-refractivity contribution in [3.63, 3.8) is 0 Å². The Bertz CT molecular complexity index is 1300. The zero-order chi connectivity index (χ0) is 28.6. The number of hydrogen-bond acceptors (Lipinski definition) is 11. The molecule has 15 nitrogen and oxygen atoms in total. The molecule has 0 saturated carbocycles. The number of benzene rings is 2. The van der Waals surface area contributed by atoms with Gasteiger partial charge in [-0.2, -0.15) is 8.42 Å². The van der Waals surface area contributed by atoms with E-state index in [0.717, 1.165) is 6.26 Å². The minimum atomic E-state index is -3.78. The molecule has 0 aliphatic carbocycles. The fourth-order valence-corrected chi connectivity index (χ4v) is 4.52. The molecule has 1 N–H and O–H groups in total. The van der Waals surface area contributed by atoms with Gasteiger partial charge in [0, 0.05) is 36.9 Å². The van der Waals surface area contributed by atoms with E-state index in [4.69, 9.17) is 13.7 Å². The van der Waals surface area contributed by atoms with E-state index in [9.17, 15) is 38.2 Å². The number of likely N-dealkylation sites (tertiary alicyclic amines) is 1. The van der Waals surface area contributed by atoms with Crippen molar-refractivity contribution < 1.29 is 41.5 Å². The fraction of sp³-hybridized carbons (Fsp3) is 0.391. The summed E-state index contributed by atoms with van der Waals surface area (Å²) in [6, 6.07) is 10.5. The van der Waals surface area contributed by atoms with Gasteiger partial charge >= 0.3 is 12.2 Å². The van der Waals surface area contributed by atoms with Gasteiger partial charge in [0.2, 0.25) is 0 Å². The summed E-state index contributed by atoms with van der Waals surface area (Å²) in [7, 11) is -3.78. The molecule has 0 radical (unpaired) electrons. The van der Waals surface area contributed by atoms with Crippen LogP contribution in [0.25, 0.3) is 0 Å². The molecule has 210 valence electrons. The lowest BCUT2D eigenvalue weighted by Crippen LogP contribution is -2.38. The van der Waals surface area contributed by atoms with Gasteiger partial charge in [0.1, 0.15) is 13.2 Å². The van der Waals surface area contributed by atoms with Gasteiger partial charge in [-0.15, -0.1) is 0 Å². The van der Waals surface area contributed by atoms with Crippen molar-refractivity contribution in [1.29, 1.82) is 0 Å². The molecular formula is C23H26N4O11S. The molecule has 1 saturated heterocycles. The molecule has 1 aliphatic rings. The SMILES string of the molecule is CS(=O)(=O)O[C@@H]1C[C@@H](CCNC(=O)OCc2ccc([N+](=O)[O-])cc2)N(C(=O)OCc2ccc([N+](=O)[O-])cc2)C1. The summed E-state index contributed by atoms with van der Waals surface area (Å²) in [5.74, 6) is 0. The van der Waals surface area contributed by atoms with Gasteiger partial charge in [0.25, 0.3) is 21.5 Å². The van der Waals surface area contributed by atoms with E-state index in [0.29, 0.717) is 11.1 Å². The molecule has 2 amide bonds. The largest absolute Gasteiger partial charge is 0.445 e. The molecule has 0 bridgehead atoms. The Labute approximate surface area is 223 Å². The molecule has 2 aromatic carbocycles. The molecule has 1 fully saturated rings. The number of carbonyl (C=O) groups is 2. The molecule has 39 heavy (non-hydrogen) atoms. The maximum Gasteiger partial charge on any atom is 0.410 e. The quantitative estimate of drug-likeness (QED) is 0.238. The molecule has 3 rings (SSSR count). The van der Waals surface area contributed by atoms with Crippen molar-refractivity contribution in [3.05, 3.63) is 79.9 Å². The second kappa shape index (κ2) is 13.0. The highest BCUT2D eigenvalue weighted by Crippen LogP contribution is 2.25. The van der Waals surface area contributed by atoms with Crippen molar-refractivity contribution in [2.75, 3.05) is 19.3 Å². The highest BCUT2D eigenvalue weighted by molar-refractivity contribution is 7.86. The lowest BCUT2D eigenvalue weighted by molar-refractivity contribution is -0.385. The van der Waals surface area contributed by atoms with E-state index in [-0.39, 0.29) is 50.5 Å². The Morgan fingerprint density at radius 2 is 1.46 bits per heavy atom. The van der Waals surface area contributed by atoms with Gasteiger partial charge in [-0.1, -0.05) is 0 Å². The first-order valence-electron chi connectivity index (χ1n) is 11.6. The number of nitrogens with one attached hydrogen (secondary N) is 1. The molecular weight excluding hydrogens is 540 g/mol. The summed E-state index contributed by atoms with van der Waals surface area (Å²) in [4.78, 5) is 46.6. The monoisotopic (exact) mass is 566 g/mol. The third-order valence-corrected chi connectivity index (χ3v) is 6.32. The van der Waals surface area contributed by atoms with Crippen LogP contribution in [0.5, 0.6) is 0 Å². The summed E-state index contributed by atoms with van der Waals surface area (Å²) in [6.45, 7) is -0.244. The summed E-state index contributed by atoms with van der Waals surface area (Å²) < 4.78 is 38.6. The predicted molar refractivity (Wildman–Crippen MR) is 134 cm³/mol. The van der Waals surface area contributed by atoms with Crippen molar-refractivity contribution in [2.45, 2.75) is 38.2 Å². The first-order chi connectivity index (χ1) is 18.4. The van der Waals surface area contributed by atoms with E-state index < -0.39 is 44.3 Å². The highest BCUT2D eigenvalue weighted by atomic mass is 32.2. The van der Waals surface area contributed by atoms with Crippen LogP contribution in [0.1, 0.15) is 24.0 Å². The molecule has 0 spiro atoms. The number of hydrogen-bond donors (Lipinski definition) is 1. The van der Waals surface area contributed by atoms with E-state index in [1.807, 2.05) is 0 Å². The number of alkyl carbamates (subject to hydrolysis) is 1. The third-order valence-electron chi connectivity index (χ3n) is 5.69. The Kier molecular flexibility index (Phi) is 9.73. The van der Waals surface area contributed by atoms with Gasteiger partial charge in [0.15, 0.2) is 0 Å². The van der Waals surface area contributed by atoms with Crippen LogP contribution in [0, 0.1) is 20.2 Å². The van der Waals surface area contributed by atoms with Crippen LogP contribution in [-0.4, -0.2) is 66.8 Å². The second-order valence-corrected chi connectivity index (χ2v) is 10.3. The number of rotatable bonds is 11. The van der Waals surface area contributed by atoms with Crippen LogP contribution in [0.2, 0.25) is 0 Å². The lowest BCUT2D eigenvalue weighted by Gasteiger charge is -2.23. The van der Waals surface area contributed by atoms with E-state index in [1.165, 1.54) is 53.4 Å². The van der Waals surface area contributed by atoms with E-state index in [2.05, 4.69) is 5.32 Å². The van der Waals surface area contributed by atoms with Crippen molar-refractivity contribution >= 4 is 33.7 Å². The zero-order valence-electron chi connectivity index (χ0n) is 20.8. The molecule has 16 heteroatoms. The number of non-ortho nitro benzene ring substituents is 2. The summed E-state index contributed by atoms with van der Waals surface area (Å²) >= 11 is 0. The van der Waals surface area contributed by atoms with Gasteiger partial charge in [0.05, 0.1) is 28.8 Å². The maximum absolute atomic E-state index is 12.8. The average Bonchev–Trinajstić information content (AvgIpc) is 3.27. The zero-order valence-corrected chi connectivity index (χ0v) is 21.6. The second-order valence-electron chi connectivity index (χ2n) is 8.66. The minimum absolute atomic E-state index is 0.0541. The van der Waals surface area contributed by atoms with Crippen LogP contribution >= 0.6 is 0 Å². The number of amides is 2. The van der Waals surface area contributed by atoms with Gasteiger partial charge < -0.3 is 19.7 Å². The lowest BCUT2D eigenvalue weighted by atomic mass is 10.1. The average molecular weight is 567 g/mol. The summed E-state index contributed by atoms with van der Waals surface area (Å²) in [5, 5.41) is 24.0. The first-order valence-corrected chi connectivity index (χ1v) is 13.4. The number of nitro groups is 2. The van der Waals surface area contributed by atoms with Crippen molar-refractivity contribution in [3.8, 4) is 0 Å². The van der Waals surface area contributed by atoms with E-state index in [1.54, 1.807) is 0 Å².